The van der Waals surface area contributed by atoms with Gasteiger partial charge >= 0.3 is 6.03 Å². The first kappa shape index (κ1) is 13.9. The highest BCUT2D eigenvalue weighted by atomic mass is 16.2. The molecule has 0 aliphatic carbocycles. The molecule has 0 saturated carbocycles. The van der Waals surface area contributed by atoms with E-state index in [9.17, 15) is 4.79 Å². The van der Waals surface area contributed by atoms with Crippen LogP contribution in [0.1, 0.15) is 5.56 Å². The highest BCUT2D eigenvalue weighted by Crippen LogP contribution is 2.17. The van der Waals surface area contributed by atoms with E-state index in [1.807, 2.05) is 4.90 Å². The molecule has 0 radical (unpaired) electrons. The second-order valence-corrected chi connectivity index (χ2v) is 5.46. The van der Waals surface area contributed by atoms with Crippen LogP contribution >= 0.6 is 0 Å². The van der Waals surface area contributed by atoms with Gasteiger partial charge in [0.1, 0.15) is 0 Å². The quantitative estimate of drug-likeness (QED) is 0.838. The summed E-state index contributed by atoms with van der Waals surface area (Å²) in [7, 11) is 0. The van der Waals surface area contributed by atoms with Crippen molar-refractivity contribution in [2.75, 3.05) is 44.6 Å². The third kappa shape index (κ3) is 3.15. The number of rotatable bonds is 2. The van der Waals surface area contributed by atoms with Crippen LogP contribution in [0.5, 0.6) is 0 Å². The number of urea groups is 1. The summed E-state index contributed by atoms with van der Waals surface area (Å²) in [6, 6.07) is 9.41. The van der Waals surface area contributed by atoms with Gasteiger partial charge in [-0.15, -0.1) is 0 Å². The standard InChI is InChI=1S/C15H19N5O/c16-9-12-1-3-13(4-2-12)18-15(21)20-10-14(11-20)19-7-5-17-6-8-19/h1-4,14,17H,5-8,10-11H2,(H,18,21). The van der Waals surface area contributed by atoms with Gasteiger partial charge in [-0.05, 0) is 24.3 Å². The Labute approximate surface area is 124 Å². The molecule has 0 unspecified atom stereocenters. The summed E-state index contributed by atoms with van der Waals surface area (Å²) in [5.74, 6) is 0. The van der Waals surface area contributed by atoms with Gasteiger partial charge in [-0.2, -0.15) is 5.26 Å². The van der Waals surface area contributed by atoms with Gasteiger partial charge in [0, 0.05) is 51.0 Å². The van der Waals surface area contributed by atoms with Crippen molar-refractivity contribution in [3.63, 3.8) is 0 Å². The van der Waals surface area contributed by atoms with E-state index in [1.165, 1.54) is 0 Å². The fourth-order valence-corrected chi connectivity index (χ4v) is 2.73. The molecule has 0 aromatic heterocycles. The number of amides is 2. The molecular weight excluding hydrogens is 266 g/mol. The van der Waals surface area contributed by atoms with Crippen molar-refractivity contribution in [2.45, 2.75) is 6.04 Å². The van der Waals surface area contributed by atoms with Crippen molar-refractivity contribution in [2.24, 2.45) is 0 Å². The minimum Gasteiger partial charge on any atom is -0.321 e. The third-order valence-corrected chi connectivity index (χ3v) is 4.08. The second-order valence-electron chi connectivity index (χ2n) is 5.46. The van der Waals surface area contributed by atoms with Crippen molar-refractivity contribution in [1.29, 1.82) is 5.26 Å². The van der Waals surface area contributed by atoms with Crippen molar-refractivity contribution in [3.05, 3.63) is 29.8 Å². The van der Waals surface area contributed by atoms with Gasteiger partial charge in [-0.25, -0.2) is 4.79 Å². The molecule has 2 saturated heterocycles. The van der Waals surface area contributed by atoms with Crippen molar-refractivity contribution < 1.29 is 4.79 Å². The number of carbonyl (C=O) groups is 1. The van der Waals surface area contributed by atoms with E-state index >= 15 is 0 Å². The lowest BCUT2D eigenvalue weighted by molar-refractivity contribution is 0.0537. The lowest BCUT2D eigenvalue weighted by Gasteiger charge is -2.46. The lowest BCUT2D eigenvalue weighted by atomic mass is 10.1. The average molecular weight is 285 g/mol. The van der Waals surface area contributed by atoms with E-state index in [1.54, 1.807) is 24.3 Å². The molecule has 3 rings (SSSR count). The molecule has 2 aliphatic heterocycles. The van der Waals surface area contributed by atoms with Gasteiger partial charge in [0.05, 0.1) is 11.6 Å². The molecule has 2 fully saturated rings. The summed E-state index contributed by atoms with van der Waals surface area (Å²) in [4.78, 5) is 16.4. The minimum absolute atomic E-state index is 0.0638. The van der Waals surface area contributed by atoms with Crippen molar-refractivity contribution >= 4 is 11.7 Å². The molecule has 2 N–H and O–H groups in total. The molecule has 6 nitrogen and oxygen atoms in total. The van der Waals surface area contributed by atoms with E-state index in [0.717, 1.165) is 45.0 Å². The number of piperazine rings is 1. The third-order valence-electron chi connectivity index (χ3n) is 4.08. The maximum atomic E-state index is 12.1. The van der Waals surface area contributed by atoms with E-state index in [0.29, 0.717) is 11.6 Å². The fourth-order valence-electron chi connectivity index (χ4n) is 2.73. The summed E-state index contributed by atoms with van der Waals surface area (Å²) >= 11 is 0. The Morgan fingerprint density at radius 2 is 1.90 bits per heavy atom. The summed E-state index contributed by atoms with van der Waals surface area (Å²) in [6.07, 6.45) is 0. The summed E-state index contributed by atoms with van der Waals surface area (Å²) < 4.78 is 0. The van der Waals surface area contributed by atoms with Crippen LogP contribution in [-0.4, -0.2) is 61.1 Å². The SMILES string of the molecule is N#Cc1ccc(NC(=O)N2CC(N3CCNCC3)C2)cc1. The number of hydrogen-bond donors (Lipinski definition) is 2. The molecule has 110 valence electrons. The zero-order valence-electron chi connectivity index (χ0n) is 11.9. The highest BCUT2D eigenvalue weighted by Gasteiger charge is 2.35. The number of nitrogens with one attached hydrogen (secondary N) is 2. The maximum Gasteiger partial charge on any atom is 0.321 e. The fraction of sp³-hybridized carbons (Fsp3) is 0.467. The maximum absolute atomic E-state index is 12.1. The normalized spacial score (nSPS) is 19.7. The zero-order valence-corrected chi connectivity index (χ0v) is 11.9. The van der Waals surface area contributed by atoms with E-state index in [-0.39, 0.29) is 6.03 Å². The smallest absolute Gasteiger partial charge is 0.321 e. The van der Waals surface area contributed by atoms with E-state index < -0.39 is 0 Å². The van der Waals surface area contributed by atoms with E-state index in [4.69, 9.17) is 5.26 Å². The van der Waals surface area contributed by atoms with Gasteiger partial charge in [0.15, 0.2) is 0 Å². The van der Waals surface area contributed by atoms with E-state index in [2.05, 4.69) is 21.6 Å². The number of likely N-dealkylation sites (tertiary alicyclic amines) is 1. The Kier molecular flexibility index (Phi) is 4.04. The van der Waals surface area contributed by atoms with Crippen LogP contribution in [0.3, 0.4) is 0 Å². The first-order valence-electron chi connectivity index (χ1n) is 7.27. The molecule has 0 atom stereocenters. The summed E-state index contributed by atoms with van der Waals surface area (Å²) in [5.41, 5.74) is 1.32. The number of nitrogens with zero attached hydrogens (tertiary/aromatic N) is 3. The second kappa shape index (κ2) is 6.12. The van der Waals surface area contributed by atoms with Crippen LogP contribution in [0.2, 0.25) is 0 Å². The van der Waals surface area contributed by atoms with Crippen LogP contribution in [0.4, 0.5) is 10.5 Å². The molecule has 2 heterocycles. The molecule has 1 aromatic carbocycles. The van der Waals surface area contributed by atoms with Crippen LogP contribution in [0, 0.1) is 11.3 Å². The largest absolute Gasteiger partial charge is 0.321 e. The van der Waals surface area contributed by atoms with Gasteiger partial charge in [0.25, 0.3) is 0 Å². The lowest BCUT2D eigenvalue weighted by Crippen LogP contribution is -2.64. The Morgan fingerprint density at radius 1 is 1.24 bits per heavy atom. The number of carbonyl (C=O) groups excluding carboxylic acids is 1. The van der Waals surface area contributed by atoms with Crippen molar-refractivity contribution in [3.8, 4) is 6.07 Å². The van der Waals surface area contributed by atoms with Crippen LogP contribution in [-0.2, 0) is 0 Å². The molecule has 6 heteroatoms. The predicted molar refractivity (Wildman–Crippen MR) is 80.0 cm³/mol. The predicted octanol–water partition coefficient (Wildman–Crippen LogP) is 0.680. The number of anilines is 1. The molecule has 0 spiro atoms. The first-order valence-corrected chi connectivity index (χ1v) is 7.27. The molecule has 2 amide bonds. The van der Waals surface area contributed by atoms with Gasteiger partial charge < -0.3 is 15.5 Å². The van der Waals surface area contributed by atoms with Crippen LogP contribution in [0.25, 0.3) is 0 Å². The van der Waals surface area contributed by atoms with Gasteiger partial charge in [-0.3, -0.25) is 4.90 Å². The zero-order chi connectivity index (χ0) is 14.7. The van der Waals surface area contributed by atoms with Crippen LogP contribution in [0.15, 0.2) is 24.3 Å². The Balaban J connectivity index is 1.47. The minimum atomic E-state index is -0.0638. The summed E-state index contributed by atoms with van der Waals surface area (Å²) in [5, 5.41) is 14.9. The van der Waals surface area contributed by atoms with Gasteiger partial charge in [0.2, 0.25) is 0 Å². The molecule has 21 heavy (non-hydrogen) atoms. The Hall–Kier alpha value is -2.10. The van der Waals surface area contributed by atoms with Gasteiger partial charge in [-0.1, -0.05) is 0 Å². The summed E-state index contributed by atoms with van der Waals surface area (Å²) in [6.45, 7) is 5.79. The Bertz CT molecular complexity index is 538. The number of benzene rings is 1. The number of nitriles is 1. The monoisotopic (exact) mass is 285 g/mol. The topological polar surface area (TPSA) is 71.4 Å². The molecular formula is C15H19N5O. The molecule has 2 aliphatic rings. The van der Waals surface area contributed by atoms with Crippen LogP contribution < -0.4 is 10.6 Å². The van der Waals surface area contributed by atoms with Crippen molar-refractivity contribution in [1.82, 2.24) is 15.1 Å². The highest BCUT2D eigenvalue weighted by molar-refractivity contribution is 5.90. The molecule has 0 bridgehead atoms. The Morgan fingerprint density at radius 3 is 2.52 bits per heavy atom. The average Bonchev–Trinajstić information content (AvgIpc) is 2.47. The first-order chi connectivity index (χ1) is 10.3. The molecule has 1 aromatic rings. The number of hydrogen-bond acceptors (Lipinski definition) is 4.